The number of anilines is 1. The first-order valence-corrected chi connectivity index (χ1v) is 9.50. The van der Waals surface area contributed by atoms with Gasteiger partial charge in [-0.2, -0.15) is 5.26 Å². The molecule has 1 amide bonds. The molecule has 0 aliphatic heterocycles. The molecule has 1 heterocycles. The standard InChI is InChI=1S/C23H17ClFN3O3/c1-13-9-16(10-17(12-26)22(29)27-20-6-4-3-5-19(20)25)14(2)28(13)21-11-15(23(30)31)7-8-18(21)24/h3-11H,1-2H3,(H,27,29)(H,30,31)/b17-10-. The van der Waals surface area contributed by atoms with Crippen LogP contribution < -0.4 is 5.32 Å². The second-order valence-electron chi connectivity index (χ2n) is 6.74. The third-order valence-electron chi connectivity index (χ3n) is 4.69. The van der Waals surface area contributed by atoms with E-state index in [1.807, 2.05) is 6.07 Å². The number of halogens is 2. The molecule has 0 bridgehead atoms. The van der Waals surface area contributed by atoms with Gasteiger partial charge in [0.15, 0.2) is 0 Å². The summed E-state index contributed by atoms with van der Waals surface area (Å²) in [6.45, 7) is 3.55. The van der Waals surface area contributed by atoms with Crippen LogP contribution in [-0.4, -0.2) is 21.6 Å². The fourth-order valence-electron chi connectivity index (χ4n) is 3.18. The first kappa shape index (κ1) is 21.8. The van der Waals surface area contributed by atoms with Gasteiger partial charge in [-0.15, -0.1) is 0 Å². The zero-order valence-corrected chi connectivity index (χ0v) is 17.4. The van der Waals surface area contributed by atoms with Gasteiger partial charge in [-0.05, 0) is 61.9 Å². The molecule has 6 nitrogen and oxygen atoms in total. The van der Waals surface area contributed by atoms with Crippen molar-refractivity contribution in [1.29, 1.82) is 5.26 Å². The van der Waals surface area contributed by atoms with Gasteiger partial charge in [0.05, 0.1) is 22.0 Å². The van der Waals surface area contributed by atoms with Crippen LogP contribution >= 0.6 is 11.6 Å². The summed E-state index contributed by atoms with van der Waals surface area (Å²) in [4.78, 5) is 23.8. The van der Waals surface area contributed by atoms with Crippen molar-refractivity contribution in [3.63, 3.8) is 0 Å². The van der Waals surface area contributed by atoms with Gasteiger partial charge in [0, 0.05) is 11.4 Å². The molecule has 8 heteroatoms. The van der Waals surface area contributed by atoms with Crippen molar-refractivity contribution in [3.8, 4) is 11.8 Å². The number of carboxylic acids is 1. The topological polar surface area (TPSA) is 95.1 Å². The Morgan fingerprint density at radius 2 is 1.90 bits per heavy atom. The zero-order valence-electron chi connectivity index (χ0n) is 16.6. The number of aryl methyl sites for hydroxylation is 1. The Hall–Kier alpha value is -3.89. The average Bonchev–Trinajstić information content (AvgIpc) is 3.01. The van der Waals surface area contributed by atoms with E-state index in [0.717, 1.165) is 5.69 Å². The minimum Gasteiger partial charge on any atom is -0.478 e. The van der Waals surface area contributed by atoms with E-state index in [0.29, 0.717) is 22.0 Å². The summed E-state index contributed by atoms with van der Waals surface area (Å²) in [5.74, 6) is -2.44. The molecule has 2 N–H and O–H groups in total. The molecule has 0 aliphatic rings. The normalized spacial score (nSPS) is 11.1. The van der Waals surface area contributed by atoms with Crippen LogP contribution in [0.2, 0.25) is 5.02 Å². The number of hydrogen-bond donors (Lipinski definition) is 2. The molecule has 0 saturated carbocycles. The van der Waals surface area contributed by atoms with Gasteiger partial charge in [-0.1, -0.05) is 23.7 Å². The molecular formula is C23H17ClFN3O3. The molecule has 0 saturated heterocycles. The Bertz CT molecular complexity index is 1270. The number of amides is 1. The second kappa shape index (κ2) is 8.86. The molecule has 1 aromatic heterocycles. The fraction of sp³-hybridized carbons (Fsp3) is 0.0870. The SMILES string of the molecule is Cc1cc(/C=C(/C#N)C(=O)Nc2ccccc2F)c(C)n1-c1cc(C(=O)O)ccc1Cl. The number of hydrogen-bond acceptors (Lipinski definition) is 3. The van der Waals surface area contributed by atoms with Crippen molar-refractivity contribution >= 4 is 35.2 Å². The van der Waals surface area contributed by atoms with Crippen molar-refractivity contribution < 1.29 is 19.1 Å². The van der Waals surface area contributed by atoms with Crippen molar-refractivity contribution in [2.24, 2.45) is 0 Å². The first-order valence-electron chi connectivity index (χ1n) is 9.12. The van der Waals surface area contributed by atoms with Crippen LogP contribution in [0.5, 0.6) is 0 Å². The van der Waals surface area contributed by atoms with Gasteiger partial charge in [-0.3, -0.25) is 4.79 Å². The van der Waals surface area contributed by atoms with Crippen molar-refractivity contribution in [2.45, 2.75) is 13.8 Å². The minimum atomic E-state index is -1.09. The molecule has 0 fully saturated rings. The number of para-hydroxylation sites is 1. The number of carbonyl (C=O) groups excluding carboxylic acids is 1. The van der Waals surface area contributed by atoms with Crippen LogP contribution in [0.15, 0.2) is 54.1 Å². The highest BCUT2D eigenvalue weighted by molar-refractivity contribution is 6.32. The number of nitrogens with one attached hydrogen (secondary N) is 1. The number of aromatic nitrogens is 1. The Morgan fingerprint density at radius 1 is 1.19 bits per heavy atom. The lowest BCUT2D eigenvalue weighted by Gasteiger charge is -2.12. The number of nitriles is 1. The van der Waals surface area contributed by atoms with E-state index in [9.17, 15) is 24.3 Å². The largest absolute Gasteiger partial charge is 0.478 e. The van der Waals surface area contributed by atoms with Gasteiger partial charge in [-0.25, -0.2) is 9.18 Å². The third kappa shape index (κ3) is 4.49. The highest BCUT2D eigenvalue weighted by atomic mass is 35.5. The van der Waals surface area contributed by atoms with Crippen LogP contribution in [0, 0.1) is 31.0 Å². The summed E-state index contributed by atoms with van der Waals surface area (Å²) in [7, 11) is 0. The highest BCUT2D eigenvalue weighted by Gasteiger charge is 2.17. The van der Waals surface area contributed by atoms with Crippen molar-refractivity contribution in [2.75, 3.05) is 5.32 Å². The van der Waals surface area contributed by atoms with E-state index in [2.05, 4.69) is 5.32 Å². The Labute approximate surface area is 182 Å². The maximum Gasteiger partial charge on any atom is 0.335 e. The summed E-state index contributed by atoms with van der Waals surface area (Å²) in [5, 5.41) is 21.5. The van der Waals surface area contributed by atoms with E-state index in [4.69, 9.17) is 11.6 Å². The fourth-order valence-corrected chi connectivity index (χ4v) is 3.38. The number of aromatic carboxylic acids is 1. The lowest BCUT2D eigenvalue weighted by Crippen LogP contribution is -2.14. The van der Waals surface area contributed by atoms with Gasteiger partial charge >= 0.3 is 5.97 Å². The first-order chi connectivity index (χ1) is 14.7. The maximum atomic E-state index is 13.8. The molecule has 2 aromatic carbocycles. The molecule has 0 atom stereocenters. The van der Waals surface area contributed by atoms with E-state index >= 15 is 0 Å². The van der Waals surface area contributed by atoms with Crippen molar-refractivity contribution in [1.82, 2.24) is 4.57 Å². The molecule has 3 aromatic rings. The van der Waals surface area contributed by atoms with Crippen LogP contribution in [-0.2, 0) is 4.79 Å². The summed E-state index contributed by atoms with van der Waals surface area (Å²) < 4.78 is 15.5. The lowest BCUT2D eigenvalue weighted by molar-refractivity contribution is -0.112. The second-order valence-corrected chi connectivity index (χ2v) is 7.14. The van der Waals surface area contributed by atoms with Crippen LogP contribution in [0.25, 0.3) is 11.8 Å². The van der Waals surface area contributed by atoms with E-state index in [1.54, 1.807) is 30.5 Å². The number of rotatable bonds is 5. The highest BCUT2D eigenvalue weighted by Crippen LogP contribution is 2.29. The number of nitrogens with zero attached hydrogens (tertiary/aromatic N) is 2. The molecule has 0 aliphatic carbocycles. The van der Waals surface area contributed by atoms with Crippen LogP contribution in [0.1, 0.15) is 27.3 Å². The van der Waals surface area contributed by atoms with Gasteiger partial charge in [0.25, 0.3) is 5.91 Å². The number of carboxylic acid groups (broad SMARTS) is 1. The summed E-state index contributed by atoms with van der Waals surface area (Å²) >= 11 is 6.30. The van der Waals surface area contributed by atoms with E-state index < -0.39 is 17.7 Å². The summed E-state index contributed by atoms with van der Waals surface area (Å²) in [6, 6.07) is 13.6. The maximum absolute atomic E-state index is 13.8. The molecule has 3 rings (SSSR count). The van der Waals surface area contributed by atoms with E-state index in [1.165, 1.54) is 42.5 Å². The number of carbonyl (C=O) groups is 2. The number of benzene rings is 2. The molecule has 156 valence electrons. The van der Waals surface area contributed by atoms with Crippen LogP contribution in [0.3, 0.4) is 0 Å². The Balaban J connectivity index is 2.01. The third-order valence-corrected chi connectivity index (χ3v) is 5.01. The molecule has 0 spiro atoms. The predicted molar refractivity (Wildman–Crippen MR) is 116 cm³/mol. The van der Waals surface area contributed by atoms with E-state index in [-0.39, 0.29) is 16.8 Å². The average molecular weight is 438 g/mol. The lowest BCUT2D eigenvalue weighted by atomic mass is 10.1. The summed E-state index contributed by atoms with van der Waals surface area (Å²) in [5.41, 5.74) is 2.23. The van der Waals surface area contributed by atoms with Crippen LogP contribution in [0.4, 0.5) is 10.1 Å². The zero-order chi connectivity index (χ0) is 22.7. The quantitative estimate of drug-likeness (QED) is 0.427. The van der Waals surface area contributed by atoms with Gasteiger partial charge in [0.1, 0.15) is 17.5 Å². The monoisotopic (exact) mass is 437 g/mol. The predicted octanol–water partition coefficient (Wildman–Crippen LogP) is 5.13. The minimum absolute atomic E-state index is 0.0311. The molecular weight excluding hydrogens is 421 g/mol. The molecule has 31 heavy (non-hydrogen) atoms. The van der Waals surface area contributed by atoms with Gasteiger partial charge in [0.2, 0.25) is 0 Å². The molecule has 0 radical (unpaired) electrons. The Morgan fingerprint density at radius 3 is 2.55 bits per heavy atom. The van der Waals surface area contributed by atoms with Gasteiger partial charge < -0.3 is 15.0 Å². The van der Waals surface area contributed by atoms with Crippen molar-refractivity contribution in [3.05, 3.63) is 87.5 Å². The Kier molecular flexibility index (Phi) is 6.23. The smallest absolute Gasteiger partial charge is 0.335 e. The summed E-state index contributed by atoms with van der Waals surface area (Å²) in [6.07, 6.45) is 1.39. The molecule has 0 unspecified atom stereocenters.